The number of fused-ring (bicyclic) bond motifs is 1. The summed E-state index contributed by atoms with van der Waals surface area (Å²) in [5.41, 5.74) is 3.26. The van der Waals surface area contributed by atoms with E-state index in [4.69, 9.17) is 5.41 Å². The van der Waals surface area contributed by atoms with Crippen molar-refractivity contribution in [2.24, 2.45) is 5.92 Å². The maximum atomic E-state index is 7.65. The van der Waals surface area contributed by atoms with Gasteiger partial charge in [0, 0.05) is 24.0 Å². The van der Waals surface area contributed by atoms with Crippen molar-refractivity contribution in [1.29, 1.82) is 5.41 Å². The molecule has 2 aromatic rings. The molecule has 1 aliphatic carbocycles. The van der Waals surface area contributed by atoms with E-state index in [0.717, 1.165) is 28.2 Å². The molecule has 114 valence electrons. The standard InChI is InChI=1S/C18H22N4/c1-13-6-8-15(9-7-13)20-11-14(10-19)18-12-21-16-4-2-3-5-17(16)22-18/h2-5,10-13,15,19-20H,6-9H2,1H3/b14-11+,19-10?. The van der Waals surface area contributed by atoms with E-state index in [-0.39, 0.29) is 0 Å². The Labute approximate surface area is 131 Å². The highest BCUT2D eigenvalue weighted by molar-refractivity contribution is 6.07. The molecule has 0 atom stereocenters. The van der Waals surface area contributed by atoms with Crippen molar-refractivity contribution in [2.45, 2.75) is 38.6 Å². The summed E-state index contributed by atoms with van der Waals surface area (Å²) in [5, 5.41) is 11.1. The predicted molar refractivity (Wildman–Crippen MR) is 90.9 cm³/mol. The summed E-state index contributed by atoms with van der Waals surface area (Å²) >= 11 is 0. The molecule has 4 nitrogen and oxygen atoms in total. The van der Waals surface area contributed by atoms with Gasteiger partial charge in [0.25, 0.3) is 0 Å². The van der Waals surface area contributed by atoms with Crippen LogP contribution in [-0.2, 0) is 0 Å². The van der Waals surface area contributed by atoms with Gasteiger partial charge in [0.05, 0.1) is 22.9 Å². The van der Waals surface area contributed by atoms with Crippen LogP contribution < -0.4 is 5.32 Å². The first kappa shape index (κ1) is 14.7. The Bertz CT molecular complexity index is 684. The number of aromatic nitrogens is 2. The maximum Gasteiger partial charge on any atom is 0.0922 e. The molecule has 0 aliphatic heterocycles. The largest absolute Gasteiger partial charge is 0.388 e. The summed E-state index contributed by atoms with van der Waals surface area (Å²) in [7, 11) is 0. The van der Waals surface area contributed by atoms with E-state index >= 15 is 0 Å². The van der Waals surface area contributed by atoms with E-state index in [2.05, 4.69) is 22.2 Å². The molecule has 22 heavy (non-hydrogen) atoms. The van der Waals surface area contributed by atoms with E-state index in [1.54, 1.807) is 6.20 Å². The fourth-order valence-corrected chi connectivity index (χ4v) is 2.92. The van der Waals surface area contributed by atoms with Crippen molar-refractivity contribution < 1.29 is 0 Å². The van der Waals surface area contributed by atoms with Crippen LogP contribution in [0.4, 0.5) is 0 Å². The zero-order valence-corrected chi connectivity index (χ0v) is 12.9. The van der Waals surface area contributed by atoms with Gasteiger partial charge in [-0.25, -0.2) is 4.98 Å². The molecule has 0 amide bonds. The normalized spacial score (nSPS) is 22.5. The lowest BCUT2D eigenvalue weighted by Gasteiger charge is -2.26. The van der Waals surface area contributed by atoms with Crippen molar-refractivity contribution in [3.05, 3.63) is 42.4 Å². The molecule has 1 aromatic heterocycles. The van der Waals surface area contributed by atoms with E-state index in [9.17, 15) is 0 Å². The molecule has 0 saturated heterocycles. The fraction of sp³-hybridized carbons (Fsp3) is 0.389. The third kappa shape index (κ3) is 3.32. The fourth-order valence-electron chi connectivity index (χ4n) is 2.92. The molecule has 1 saturated carbocycles. The maximum absolute atomic E-state index is 7.65. The average molecular weight is 294 g/mol. The molecule has 2 N–H and O–H groups in total. The van der Waals surface area contributed by atoms with Crippen molar-refractivity contribution in [1.82, 2.24) is 15.3 Å². The van der Waals surface area contributed by atoms with Crippen LogP contribution in [0.15, 0.2) is 36.7 Å². The van der Waals surface area contributed by atoms with Crippen LogP contribution in [0.25, 0.3) is 16.6 Å². The van der Waals surface area contributed by atoms with Gasteiger partial charge >= 0.3 is 0 Å². The monoisotopic (exact) mass is 294 g/mol. The Morgan fingerprint density at radius 3 is 2.64 bits per heavy atom. The van der Waals surface area contributed by atoms with Crippen molar-refractivity contribution in [3.8, 4) is 0 Å². The van der Waals surface area contributed by atoms with Gasteiger partial charge in [-0.05, 0) is 43.7 Å². The Balaban J connectivity index is 1.76. The molecule has 1 aromatic carbocycles. The van der Waals surface area contributed by atoms with Gasteiger partial charge in [0.1, 0.15) is 0 Å². The predicted octanol–water partition coefficient (Wildman–Crippen LogP) is 3.79. The second kappa shape index (κ2) is 6.69. The zero-order valence-electron chi connectivity index (χ0n) is 12.9. The van der Waals surface area contributed by atoms with Gasteiger partial charge in [0.15, 0.2) is 0 Å². The summed E-state index contributed by atoms with van der Waals surface area (Å²) in [6, 6.07) is 8.32. The van der Waals surface area contributed by atoms with Crippen LogP contribution in [0.3, 0.4) is 0 Å². The van der Waals surface area contributed by atoms with Gasteiger partial charge in [0.2, 0.25) is 0 Å². The number of nitrogens with zero attached hydrogens (tertiary/aromatic N) is 2. The van der Waals surface area contributed by atoms with E-state index in [1.165, 1.54) is 31.9 Å². The highest BCUT2D eigenvalue weighted by Crippen LogP contribution is 2.23. The Morgan fingerprint density at radius 2 is 1.91 bits per heavy atom. The van der Waals surface area contributed by atoms with Crippen molar-refractivity contribution in [3.63, 3.8) is 0 Å². The first-order chi connectivity index (χ1) is 10.8. The smallest absolute Gasteiger partial charge is 0.0922 e. The minimum absolute atomic E-state index is 0.513. The molecular formula is C18H22N4. The van der Waals surface area contributed by atoms with Gasteiger partial charge in [-0.2, -0.15) is 0 Å². The third-order valence-electron chi connectivity index (χ3n) is 4.39. The summed E-state index contributed by atoms with van der Waals surface area (Å²) in [4.78, 5) is 9.02. The Morgan fingerprint density at radius 1 is 1.18 bits per heavy atom. The molecule has 1 aliphatic rings. The molecular weight excluding hydrogens is 272 g/mol. The second-order valence-corrected chi connectivity index (χ2v) is 6.11. The lowest BCUT2D eigenvalue weighted by Crippen LogP contribution is -2.29. The number of para-hydroxylation sites is 2. The number of hydrogen-bond acceptors (Lipinski definition) is 4. The molecule has 3 rings (SSSR count). The Hall–Kier alpha value is -2.23. The van der Waals surface area contributed by atoms with Crippen LogP contribution in [0, 0.1) is 11.3 Å². The van der Waals surface area contributed by atoms with Crippen LogP contribution in [0.5, 0.6) is 0 Å². The summed E-state index contributed by atoms with van der Waals surface area (Å²) < 4.78 is 0. The SMILES string of the molecule is CC1CCC(N/C=C(\C=N)c2cnc3ccccc3n2)CC1. The topological polar surface area (TPSA) is 61.7 Å². The average Bonchev–Trinajstić information content (AvgIpc) is 2.57. The first-order valence-electron chi connectivity index (χ1n) is 7.95. The molecule has 1 fully saturated rings. The third-order valence-corrected chi connectivity index (χ3v) is 4.39. The Kier molecular flexibility index (Phi) is 4.47. The van der Waals surface area contributed by atoms with Crippen LogP contribution >= 0.6 is 0 Å². The molecule has 0 bridgehead atoms. The minimum atomic E-state index is 0.513. The van der Waals surface area contributed by atoms with Crippen LogP contribution in [-0.4, -0.2) is 22.2 Å². The first-order valence-corrected chi connectivity index (χ1v) is 7.95. The number of allylic oxidation sites excluding steroid dienone is 1. The van der Waals surface area contributed by atoms with E-state index < -0.39 is 0 Å². The van der Waals surface area contributed by atoms with Crippen LogP contribution in [0.2, 0.25) is 0 Å². The summed E-state index contributed by atoms with van der Waals surface area (Å²) in [5.74, 6) is 0.843. The number of nitrogens with one attached hydrogen (secondary N) is 2. The van der Waals surface area contributed by atoms with Gasteiger partial charge < -0.3 is 10.7 Å². The van der Waals surface area contributed by atoms with Gasteiger partial charge in [-0.3, -0.25) is 4.98 Å². The molecule has 0 radical (unpaired) electrons. The molecule has 0 unspecified atom stereocenters. The van der Waals surface area contributed by atoms with Gasteiger partial charge in [-0.15, -0.1) is 0 Å². The number of rotatable bonds is 4. The van der Waals surface area contributed by atoms with E-state index in [1.807, 2.05) is 30.5 Å². The minimum Gasteiger partial charge on any atom is -0.388 e. The highest BCUT2D eigenvalue weighted by Gasteiger charge is 2.17. The quantitative estimate of drug-likeness (QED) is 0.843. The zero-order chi connectivity index (χ0) is 15.4. The highest BCUT2D eigenvalue weighted by atomic mass is 14.9. The lowest BCUT2D eigenvalue weighted by atomic mass is 9.87. The second-order valence-electron chi connectivity index (χ2n) is 6.11. The molecule has 1 heterocycles. The van der Waals surface area contributed by atoms with Crippen molar-refractivity contribution in [2.75, 3.05) is 0 Å². The summed E-state index contributed by atoms with van der Waals surface area (Å²) in [6.45, 7) is 2.32. The lowest BCUT2D eigenvalue weighted by molar-refractivity contribution is 0.326. The molecule has 0 spiro atoms. The molecule has 4 heteroatoms. The van der Waals surface area contributed by atoms with Crippen LogP contribution in [0.1, 0.15) is 38.3 Å². The number of benzene rings is 1. The number of hydrogen-bond donors (Lipinski definition) is 2. The summed E-state index contributed by atoms with van der Waals surface area (Å²) in [6.07, 6.45) is 9.97. The van der Waals surface area contributed by atoms with Gasteiger partial charge in [-0.1, -0.05) is 19.1 Å². The van der Waals surface area contributed by atoms with Crippen molar-refractivity contribution >= 4 is 22.8 Å². The van der Waals surface area contributed by atoms with E-state index in [0.29, 0.717) is 6.04 Å².